The van der Waals surface area contributed by atoms with E-state index in [9.17, 15) is 14.0 Å². The van der Waals surface area contributed by atoms with E-state index in [-0.39, 0.29) is 11.5 Å². The van der Waals surface area contributed by atoms with Crippen LogP contribution >= 0.6 is 11.8 Å². The molecule has 1 aliphatic heterocycles. The number of thioether (sulfide) groups is 1. The summed E-state index contributed by atoms with van der Waals surface area (Å²) in [5.41, 5.74) is 0.410. The van der Waals surface area contributed by atoms with Gasteiger partial charge in [-0.05, 0) is 6.07 Å². The zero-order valence-electron chi connectivity index (χ0n) is 9.35. The molecule has 0 atom stereocenters. The van der Waals surface area contributed by atoms with E-state index < -0.39 is 24.2 Å². The van der Waals surface area contributed by atoms with Gasteiger partial charge in [0, 0.05) is 23.6 Å². The first kappa shape index (κ1) is 12.8. The van der Waals surface area contributed by atoms with Crippen LogP contribution in [-0.4, -0.2) is 40.0 Å². The second-order valence-corrected chi connectivity index (χ2v) is 4.98. The Hall–Kier alpha value is -1.63. The molecule has 1 amide bonds. The van der Waals surface area contributed by atoms with E-state index in [1.54, 1.807) is 11.8 Å². The molecule has 2 rings (SSSR count). The zero-order valence-corrected chi connectivity index (χ0v) is 10.2. The Morgan fingerprint density at radius 1 is 1.56 bits per heavy atom. The first-order chi connectivity index (χ1) is 8.58. The molecule has 0 radical (unpaired) electrons. The number of carbonyl (C=O) groups excluding carboxylic acids is 1. The van der Waals surface area contributed by atoms with Crippen molar-refractivity contribution < 1.29 is 19.1 Å². The number of nitrogens with zero attached hydrogens (tertiary/aromatic N) is 1. The average Bonchev–Trinajstić information content (AvgIpc) is 2.26. The summed E-state index contributed by atoms with van der Waals surface area (Å²) >= 11 is 1.72. The Morgan fingerprint density at radius 2 is 2.28 bits per heavy atom. The largest absolute Gasteiger partial charge is 0.480 e. The standard InChI is InChI=1S/C11H11FN2O3S/c12-8-1-6(11(17)14-3-9(15)16)2-13-10(8)7-4-18-5-7/h1-2,7H,3-5H2,(H,14,17)(H,15,16). The van der Waals surface area contributed by atoms with E-state index in [1.807, 2.05) is 0 Å². The van der Waals surface area contributed by atoms with Crippen LogP contribution in [-0.2, 0) is 4.79 Å². The molecule has 1 fully saturated rings. The highest BCUT2D eigenvalue weighted by Crippen LogP contribution is 2.34. The quantitative estimate of drug-likeness (QED) is 0.848. The summed E-state index contributed by atoms with van der Waals surface area (Å²) < 4.78 is 13.7. The Bertz CT molecular complexity index is 491. The first-order valence-electron chi connectivity index (χ1n) is 5.31. The minimum Gasteiger partial charge on any atom is -0.480 e. The third-order valence-electron chi connectivity index (χ3n) is 2.56. The second kappa shape index (κ2) is 5.34. The van der Waals surface area contributed by atoms with E-state index >= 15 is 0 Å². The van der Waals surface area contributed by atoms with Gasteiger partial charge in [-0.3, -0.25) is 14.6 Å². The fraction of sp³-hybridized carbons (Fsp3) is 0.364. The number of aromatic nitrogens is 1. The number of hydrogen-bond donors (Lipinski definition) is 2. The highest BCUT2D eigenvalue weighted by atomic mass is 32.2. The third-order valence-corrected chi connectivity index (χ3v) is 3.83. The summed E-state index contributed by atoms with van der Waals surface area (Å²) in [5.74, 6) is -0.504. The molecule has 2 N–H and O–H groups in total. The molecule has 0 spiro atoms. The fourth-order valence-corrected chi connectivity index (χ4v) is 2.31. The lowest BCUT2D eigenvalue weighted by Gasteiger charge is -2.24. The number of aliphatic carboxylic acids is 1. The summed E-state index contributed by atoms with van der Waals surface area (Å²) in [6, 6.07) is 1.10. The van der Waals surface area contributed by atoms with Gasteiger partial charge in [0.05, 0.1) is 11.3 Å². The molecule has 5 nitrogen and oxygen atoms in total. The van der Waals surface area contributed by atoms with Crippen LogP contribution in [0.4, 0.5) is 4.39 Å². The Morgan fingerprint density at radius 3 is 2.78 bits per heavy atom. The van der Waals surface area contributed by atoms with Crippen LogP contribution in [0, 0.1) is 5.82 Å². The Kier molecular flexibility index (Phi) is 3.81. The maximum absolute atomic E-state index is 13.7. The molecule has 0 aromatic carbocycles. The van der Waals surface area contributed by atoms with Crippen molar-refractivity contribution in [1.29, 1.82) is 0 Å². The van der Waals surface area contributed by atoms with Gasteiger partial charge >= 0.3 is 5.97 Å². The van der Waals surface area contributed by atoms with Crippen molar-refractivity contribution in [2.45, 2.75) is 5.92 Å². The Balaban J connectivity index is 2.07. The number of carboxylic acids is 1. The van der Waals surface area contributed by atoms with Gasteiger partial charge in [-0.25, -0.2) is 4.39 Å². The zero-order chi connectivity index (χ0) is 13.1. The molecule has 1 aromatic heterocycles. The topological polar surface area (TPSA) is 79.3 Å². The van der Waals surface area contributed by atoms with Crippen LogP contribution in [0.5, 0.6) is 0 Å². The number of pyridine rings is 1. The van der Waals surface area contributed by atoms with Crippen molar-refractivity contribution in [3.05, 3.63) is 29.3 Å². The maximum atomic E-state index is 13.7. The number of carboxylic acid groups (broad SMARTS) is 1. The van der Waals surface area contributed by atoms with Gasteiger partial charge in [-0.1, -0.05) is 0 Å². The van der Waals surface area contributed by atoms with Crippen molar-refractivity contribution in [1.82, 2.24) is 10.3 Å². The maximum Gasteiger partial charge on any atom is 0.322 e. The minimum atomic E-state index is -1.15. The van der Waals surface area contributed by atoms with Crippen LogP contribution in [0.1, 0.15) is 22.0 Å². The van der Waals surface area contributed by atoms with Gasteiger partial charge in [0.2, 0.25) is 0 Å². The summed E-state index contributed by atoms with van der Waals surface area (Å²) in [5, 5.41) is 10.6. The number of carbonyl (C=O) groups is 2. The smallest absolute Gasteiger partial charge is 0.322 e. The van der Waals surface area contributed by atoms with Crippen molar-refractivity contribution in [3.63, 3.8) is 0 Å². The number of rotatable bonds is 4. The Labute approximate surface area is 107 Å². The van der Waals surface area contributed by atoms with Crippen LogP contribution in [0.15, 0.2) is 12.3 Å². The first-order valence-corrected chi connectivity index (χ1v) is 6.46. The molecular weight excluding hydrogens is 259 g/mol. The summed E-state index contributed by atoms with van der Waals surface area (Å²) in [7, 11) is 0. The molecule has 0 aliphatic carbocycles. The van der Waals surface area contributed by atoms with Crippen molar-refractivity contribution in [3.8, 4) is 0 Å². The number of halogens is 1. The highest BCUT2D eigenvalue weighted by molar-refractivity contribution is 8.00. The molecule has 0 saturated carbocycles. The second-order valence-electron chi connectivity index (χ2n) is 3.90. The molecule has 0 bridgehead atoms. The molecular formula is C11H11FN2O3S. The summed E-state index contributed by atoms with van der Waals surface area (Å²) in [6.45, 7) is -0.499. The lowest BCUT2D eigenvalue weighted by Crippen LogP contribution is -2.29. The van der Waals surface area contributed by atoms with Crippen molar-refractivity contribution in [2.75, 3.05) is 18.1 Å². The molecule has 7 heteroatoms. The monoisotopic (exact) mass is 270 g/mol. The van der Waals surface area contributed by atoms with E-state index in [4.69, 9.17) is 5.11 Å². The lowest BCUT2D eigenvalue weighted by atomic mass is 10.1. The normalized spacial score (nSPS) is 14.9. The van der Waals surface area contributed by atoms with Crippen LogP contribution in [0.25, 0.3) is 0 Å². The predicted molar refractivity (Wildman–Crippen MR) is 64.2 cm³/mol. The van der Waals surface area contributed by atoms with Crippen molar-refractivity contribution in [2.24, 2.45) is 0 Å². The number of amides is 1. The summed E-state index contributed by atoms with van der Waals surface area (Å²) in [6.07, 6.45) is 1.28. The van der Waals surface area contributed by atoms with Gasteiger partial charge in [-0.2, -0.15) is 11.8 Å². The SMILES string of the molecule is O=C(O)CNC(=O)c1cnc(C2CSC2)c(F)c1. The van der Waals surface area contributed by atoms with Gasteiger partial charge in [0.1, 0.15) is 12.4 Å². The van der Waals surface area contributed by atoms with Gasteiger partial charge in [-0.15, -0.1) is 0 Å². The van der Waals surface area contributed by atoms with Gasteiger partial charge in [0.25, 0.3) is 5.91 Å². The average molecular weight is 270 g/mol. The lowest BCUT2D eigenvalue weighted by molar-refractivity contribution is -0.135. The van der Waals surface area contributed by atoms with E-state index in [0.29, 0.717) is 5.69 Å². The van der Waals surface area contributed by atoms with Gasteiger partial charge < -0.3 is 10.4 Å². The number of hydrogen-bond acceptors (Lipinski definition) is 4. The molecule has 0 unspecified atom stereocenters. The fourth-order valence-electron chi connectivity index (χ4n) is 1.52. The predicted octanol–water partition coefficient (Wildman–Crippen LogP) is 0.865. The molecule has 1 saturated heterocycles. The van der Waals surface area contributed by atoms with Crippen LogP contribution in [0.2, 0.25) is 0 Å². The van der Waals surface area contributed by atoms with E-state index in [1.165, 1.54) is 6.20 Å². The number of nitrogens with one attached hydrogen (secondary N) is 1. The van der Waals surface area contributed by atoms with Crippen LogP contribution < -0.4 is 5.32 Å². The minimum absolute atomic E-state index is 0.0319. The third kappa shape index (κ3) is 2.79. The molecule has 2 heterocycles. The van der Waals surface area contributed by atoms with Gasteiger partial charge in [0.15, 0.2) is 0 Å². The van der Waals surface area contributed by atoms with E-state index in [0.717, 1.165) is 17.6 Å². The van der Waals surface area contributed by atoms with Crippen LogP contribution in [0.3, 0.4) is 0 Å². The molecule has 1 aliphatic rings. The molecule has 18 heavy (non-hydrogen) atoms. The van der Waals surface area contributed by atoms with Crippen molar-refractivity contribution >= 4 is 23.6 Å². The molecule has 1 aromatic rings. The summed E-state index contributed by atoms with van der Waals surface area (Å²) in [4.78, 5) is 25.7. The van der Waals surface area contributed by atoms with E-state index in [2.05, 4.69) is 10.3 Å². The highest BCUT2D eigenvalue weighted by Gasteiger charge is 2.25. The molecule has 96 valence electrons.